The zero-order valence-electron chi connectivity index (χ0n) is 15.8. The molecule has 9 heteroatoms. The molecular weight excluding hydrogens is 384 g/mol. The molecule has 0 fully saturated rings. The second-order valence-electron chi connectivity index (χ2n) is 6.11. The van der Waals surface area contributed by atoms with Gasteiger partial charge in [-0.15, -0.1) is 10.2 Å². The first-order valence-electron chi connectivity index (χ1n) is 8.60. The molecule has 7 nitrogen and oxygen atoms in total. The normalized spacial score (nSPS) is 12.9. The van der Waals surface area contributed by atoms with Crippen LogP contribution in [-0.2, 0) is 14.3 Å². The van der Waals surface area contributed by atoms with E-state index in [0.29, 0.717) is 9.47 Å². The summed E-state index contributed by atoms with van der Waals surface area (Å²) in [5, 5.41) is 14.8. The molecule has 0 aliphatic carbocycles. The summed E-state index contributed by atoms with van der Waals surface area (Å²) >= 11 is 2.66. The van der Waals surface area contributed by atoms with Gasteiger partial charge >= 0.3 is 5.97 Å². The molecule has 0 unspecified atom stereocenters. The van der Waals surface area contributed by atoms with Gasteiger partial charge in [0.05, 0.1) is 12.9 Å². The van der Waals surface area contributed by atoms with E-state index in [1.165, 1.54) is 30.2 Å². The molecule has 0 spiro atoms. The van der Waals surface area contributed by atoms with Crippen molar-refractivity contribution in [1.82, 2.24) is 15.5 Å². The highest BCUT2D eigenvalue weighted by Gasteiger charge is 2.26. The average molecular weight is 409 g/mol. The summed E-state index contributed by atoms with van der Waals surface area (Å²) in [6.45, 7) is 5.89. The number of aromatic nitrogens is 2. The predicted octanol–water partition coefficient (Wildman–Crippen LogP) is 3.39. The maximum Gasteiger partial charge on any atom is 0.328 e. The van der Waals surface area contributed by atoms with Crippen LogP contribution in [0.3, 0.4) is 0 Å². The third-order valence-electron chi connectivity index (χ3n) is 3.99. The monoisotopic (exact) mass is 408 g/mol. The number of aryl methyl sites for hydroxylation is 1. The van der Waals surface area contributed by atoms with Crippen molar-refractivity contribution in [3.8, 4) is 0 Å². The van der Waals surface area contributed by atoms with Crippen LogP contribution in [0, 0.1) is 12.8 Å². The molecule has 146 valence electrons. The van der Waals surface area contributed by atoms with E-state index >= 15 is 0 Å². The van der Waals surface area contributed by atoms with E-state index in [0.717, 1.165) is 17.7 Å². The fraction of sp³-hybridized carbons (Fsp3) is 0.444. The lowest BCUT2D eigenvalue weighted by molar-refractivity contribution is -0.146. The van der Waals surface area contributed by atoms with Crippen molar-refractivity contribution in [3.63, 3.8) is 0 Å². The highest BCUT2D eigenvalue weighted by molar-refractivity contribution is 8.01. The molecule has 0 saturated carbocycles. The molecule has 0 saturated heterocycles. The molecule has 0 bridgehead atoms. The van der Waals surface area contributed by atoms with Gasteiger partial charge in [-0.25, -0.2) is 4.79 Å². The number of nitrogens with zero attached hydrogens (tertiary/aromatic N) is 2. The van der Waals surface area contributed by atoms with Gasteiger partial charge in [0.25, 0.3) is 0 Å². The maximum absolute atomic E-state index is 12.2. The third-order valence-corrected chi connectivity index (χ3v) is 5.96. The van der Waals surface area contributed by atoms with Crippen molar-refractivity contribution in [2.75, 3.05) is 18.2 Å². The van der Waals surface area contributed by atoms with Crippen LogP contribution >= 0.6 is 23.1 Å². The van der Waals surface area contributed by atoms with Crippen LogP contribution in [0.5, 0.6) is 0 Å². The topological polar surface area (TPSA) is 93.2 Å². The van der Waals surface area contributed by atoms with E-state index in [2.05, 4.69) is 20.8 Å². The van der Waals surface area contributed by atoms with Gasteiger partial charge in [-0.2, -0.15) is 0 Å². The van der Waals surface area contributed by atoms with E-state index in [9.17, 15) is 9.59 Å². The lowest BCUT2D eigenvalue weighted by atomic mass is 9.99. The molecule has 2 atom stereocenters. The summed E-state index contributed by atoms with van der Waals surface area (Å²) in [6, 6.07) is 7.32. The number of benzene rings is 1. The van der Waals surface area contributed by atoms with Crippen LogP contribution < -0.4 is 10.6 Å². The van der Waals surface area contributed by atoms with Crippen LogP contribution in [0.4, 0.5) is 10.8 Å². The summed E-state index contributed by atoms with van der Waals surface area (Å²) in [4.78, 5) is 24.1. The van der Waals surface area contributed by atoms with E-state index in [1.54, 1.807) is 0 Å². The zero-order valence-corrected chi connectivity index (χ0v) is 17.4. The number of amides is 1. The first-order valence-corrected chi connectivity index (χ1v) is 10.4. The molecule has 2 aromatic rings. The van der Waals surface area contributed by atoms with E-state index in [-0.39, 0.29) is 17.6 Å². The number of methoxy groups -OCH3 is 1. The standard InChI is InChI=1S/C18H24N4O3S2/c1-5-12(3)15(16(24)25-4)20-14(23)10-26-18-22-21-17(27-18)19-13-8-6-7-11(2)9-13/h6-9,12,15H,5,10H2,1-4H3,(H,19,21)(H,20,23)/t12-,15+/m0/s1. The zero-order chi connectivity index (χ0) is 19.8. The number of hydrogen-bond donors (Lipinski definition) is 2. The average Bonchev–Trinajstić information content (AvgIpc) is 3.10. The Balaban J connectivity index is 1.88. The summed E-state index contributed by atoms with van der Waals surface area (Å²) < 4.78 is 5.46. The minimum atomic E-state index is -0.638. The molecule has 0 radical (unpaired) electrons. The van der Waals surface area contributed by atoms with Crippen LogP contribution in [0.25, 0.3) is 0 Å². The second-order valence-corrected chi connectivity index (χ2v) is 8.31. The number of carbonyl (C=O) groups is 2. The van der Waals surface area contributed by atoms with Crippen molar-refractivity contribution in [2.24, 2.45) is 5.92 Å². The van der Waals surface area contributed by atoms with Crippen molar-refractivity contribution in [3.05, 3.63) is 29.8 Å². The van der Waals surface area contributed by atoms with Crippen LogP contribution in [0.1, 0.15) is 25.8 Å². The molecule has 0 aliphatic rings. The number of ether oxygens (including phenoxy) is 1. The number of rotatable bonds is 9. The van der Waals surface area contributed by atoms with Crippen LogP contribution in [0.2, 0.25) is 0 Å². The van der Waals surface area contributed by atoms with Gasteiger partial charge in [-0.1, -0.05) is 55.5 Å². The molecule has 27 heavy (non-hydrogen) atoms. The Hall–Kier alpha value is -2.13. The molecular formula is C18H24N4O3S2. The molecule has 2 N–H and O–H groups in total. The third kappa shape index (κ3) is 6.51. The highest BCUT2D eigenvalue weighted by atomic mass is 32.2. The fourth-order valence-electron chi connectivity index (χ4n) is 2.30. The molecule has 0 aliphatic heterocycles. The Kier molecular flexibility index (Phi) is 8.05. The molecule has 1 heterocycles. The predicted molar refractivity (Wildman–Crippen MR) is 108 cm³/mol. The summed E-state index contributed by atoms with van der Waals surface area (Å²) in [5.74, 6) is -0.511. The Morgan fingerprint density at radius 2 is 2.11 bits per heavy atom. The number of esters is 1. The first-order chi connectivity index (χ1) is 12.9. The quantitative estimate of drug-likeness (QED) is 0.485. The van der Waals surface area contributed by atoms with Crippen molar-refractivity contribution < 1.29 is 14.3 Å². The van der Waals surface area contributed by atoms with Crippen molar-refractivity contribution in [2.45, 2.75) is 37.6 Å². The van der Waals surface area contributed by atoms with Gasteiger partial charge in [0.15, 0.2) is 4.34 Å². The lowest BCUT2D eigenvalue weighted by Crippen LogP contribution is -2.46. The molecule has 1 aromatic carbocycles. The first kappa shape index (κ1) is 21.2. The summed E-state index contributed by atoms with van der Waals surface area (Å²) in [7, 11) is 1.32. The van der Waals surface area contributed by atoms with Gasteiger partial charge < -0.3 is 15.4 Å². The summed E-state index contributed by atoms with van der Waals surface area (Å²) in [5.41, 5.74) is 2.09. The second kappa shape index (κ2) is 10.3. The number of anilines is 2. The fourth-order valence-corrected chi connectivity index (χ4v) is 3.89. The van der Waals surface area contributed by atoms with Crippen LogP contribution in [0.15, 0.2) is 28.6 Å². The SMILES string of the molecule is CC[C@H](C)[C@@H](NC(=O)CSc1nnc(Nc2cccc(C)c2)s1)C(=O)OC. The minimum Gasteiger partial charge on any atom is -0.467 e. The number of thioether (sulfide) groups is 1. The van der Waals surface area contributed by atoms with Gasteiger partial charge in [0.1, 0.15) is 6.04 Å². The van der Waals surface area contributed by atoms with E-state index in [4.69, 9.17) is 4.74 Å². The minimum absolute atomic E-state index is 0.00180. The Labute approximate surface area is 167 Å². The van der Waals surface area contributed by atoms with Gasteiger partial charge in [0.2, 0.25) is 11.0 Å². The smallest absolute Gasteiger partial charge is 0.328 e. The van der Waals surface area contributed by atoms with E-state index in [1.807, 2.05) is 45.0 Å². The maximum atomic E-state index is 12.2. The van der Waals surface area contributed by atoms with E-state index < -0.39 is 12.0 Å². The Bertz CT molecular complexity index is 781. The Morgan fingerprint density at radius 3 is 2.78 bits per heavy atom. The molecule has 1 aromatic heterocycles. The summed E-state index contributed by atoms with van der Waals surface area (Å²) in [6.07, 6.45) is 0.761. The largest absolute Gasteiger partial charge is 0.467 e. The van der Waals surface area contributed by atoms with Crippen LogP contribution in [-0.4, -0.2) is 41.0 Å². The number of hydrogen-bond acceptors (Lipinski definition) is 8. The highest BCUT2D eigenvalue weighted by Crippen LogP contribution is 2.27. The molecule has 2 rings (SSSR count). The van der Waals surface area contributed by atoms with Gasteiger partial charge in [0, 0.05) is 5.69 Å². The number of nitrogens with one attached hydrogen (secondary N) is 2. The van der Waals surface area contributed by atoms with Crippen molar-refractivity contribution in [1.29, 1.82) is 0 Å². The van der Waals surface area contributed by atoms with Crippen molar-refractivity contribution >= 4 is 45.8 Å². The van der Waals surface area contributed by atoms with Gasteiger partial charge in [-0.3, -0.25) is 4.79 Å². The lowest BCUT2D eigenvalue weighted by Gasteiger charge is -2.21. The number of carbonyl (C=O) groups excluding carboxylic acids is 2. The Morgan fingerprint density at radius 1 is 1.33 bits per heavy atom. The molecule has 1 amide bonds. The van der Waals surface area contributed by atoms with Gasteiger partial charge in [-0.05, 0) is 30.5 Å².